The van der Waals surface area contributed by atoms with Gasteiger partial charge in [0.25, 0.3) is 0 Å². The van der Waals surface area contributed by atoms with Gasteiger partial charge in [0.05, 0.1) is 4.90 Å². The Hall–Kier alpha value is -2.91. The molecule has 152 valence electrons. The molecule has 0 spiro atoms. The zero-order valence-corrected chi connectivity index (χ0v) is 16.5. The van der Waals surface area contributed by atoms with Crippen molar-refractivity contribution in [3.05, 3.63) is 70.9 Å². The number of hydrogen-bond donors (Lipinski definition) is 0. The summed E-state index contributed by atoms with van der Waals surface area (Å²) in [6, 6.07) is 8.71. The van der Waals surface area contributed by atoms with E-state index >= 15 is 0 Å². The van der Waals surface area contributed by atoms with E-state index in [9.17, 15) is 22.0 Å². The summed E-state index contributed by atoms with van der Waals surface area (Å²) in [5.74, 6) is -2.39. The van der Waals surface area contributed by atoms with Gasteiger partial charge in [-0.05, 0) is 42.5 Å². The number of esters is 1. The summed E-state index contributed by atoms with van der Waals surface area (Å²) in [6.45, 7) is 4.19. The molecule has 0 N–H and O–H groups in total. The molecule has 0 saturated carbocycles. The maximum atomic E-state index is 13.8. The number of hydrogen-bond acceptors (Lipinski definition) is 5. The quantitative estimate of drug-likeness (QED) is 0.531. The first-order chi connectivity index (χ1) is 13.8. The Labute approximate surface area is 167 Å². The highest BCUT2D eigenvalue weighted by atomic mass is 32.2. The molecule has 0 saturated heterocycles. The van der Waals surface area contributed by atoms with E-state index in [1.807, 2.05) is 0 Å². The Kier molecular flexibility index (Phi) is 5.90. The molecule has 1 aliphatic heterocycles. The maximum Gasteiger partial charge on any atom is 0.363 e. The number of nitrogens with zero attached hydrogens (tertiary/aromatic N) is 2. The average Bonchev–Trinajstić information content (AvgIpc) is 3.05. The van der Waals surface area contributed by atoms with Gasteiger partial charge < -0.3 is 4.74 Å². The van der Waals surface area contributed by atoms with Crippen LogP contribution < -0.4 is 0 Å². The molecule has 0 bridgehead atoms. The van der Waals surface area contributed by atoms with Crippen LogP contribution >= 0.6 is 0 Å². The molecule has 0 fully saturated rings. The van der Waals surface area contributed by atoms with Crippen LogP contribution in [0.3, 0.4) is 0 Å². The van der Waals surface area contributed by atoms with Crippen molar-refractivity contribution >= 4 is 28.0 Å². The smallest absolute Gasteiger partial charge is 0.363 e. The summed E-state index contributed by atoms with van der Waals surface area (Å²) < 4.78 is 58.3. The van der Waals surface area contributed by atoms with Gasteiger partial charge in [0.1, 0.15) is 11.6 Å². The molecule has 0 amide bonds. The molecule has 6 nitrogen and oxygen atoms in total. The number of halogens is 2. The zero-order valence-electron chi connectivity index (χ0n) is 15.7. The van der Waals surface area contributed by atoms with E-state index < -0.39 is 27.6 Å². The molecule has 1 aliphatic rings. The highest BCUT2D eigenvalue weighted by molar-refractivity contribution is 7.89. The fraction of sp³-hybridized carbons (Fsp3) is 0.200. The van der Waals surface area contributed by atoms with Gasteiger partial charge in [0.2, 0.25) is 15.9 Å². The van der Waals surface area contributed by atoms with Crippen LogP contribution in [0.15, 0.2) is 58.0 Å². The number of benzene rings is 2. The third-order valence-electron chi connectivity index (χ3n) is 4.32. The Bertz CT molecular complexity index is 1110. The van der Waals surface area contributed by atoms with Crippen LogP contribution in [0.5, 0.6) is 0 Å². The fourth-order valence-corrected chi connectivity index (χ4v) is 4.24. The third kappa shape index (κ3) is 4.25. The standard InChI is InChI=1S/C20H18F2N2O4S/c1-3-24(4-2)29(26,27)16-9-6-13(7-10-16)19-23-18(20(25)28-19)11-14-5-8-15(21)12-17(14)22/h5-12H,3-4H2,1-2H3/b18-11+. The van der Waals surface area contributed by atoms with Crippen molar-refractivity contribution in [1.29, 1.82) is 0 Å². The van der Waals surface area contributed by atoms with Gasteiger partial charge in [-0.1, -0.05) is 13.8 Å². The first-order valence-corrected chi connectivity index (χ1v) is 10.3. The number of ether oxygens (including phenoxy) is 1. The van der Waals surface area contributed by atoms with Gasteiger partial charge in [-0.2, -0.15) is 4.31 Å². The SMILES string of the molecule is CCN(CC)S(=O)(=O)c1ccc(C2=N/C(=C/c3ccc(F)cc3F)C(=O)O2)cc1. The lowest BCUT2D eigenvalue weighted by molar-refractivity contribution is -0.129. The second-order valence-corrected chi connectivity index (χ2v) is 8.05. The molecule has 0 radical (unpaired) electrons. The largest absolute Gasteiger partial charge is 0.402 e. The van der Waals surface area contributed by atoms with Crippen LogP contribution in [0.4, 0.5) is 8.78 Å². The molecule has 29 heavy (non-hydrogen) atoms. The highest BCUT2D eigenvalue weighted by Crippen LogP contribution is 2.22. The van der Waals surface area contributed by atoms with E-state index in [4.69, 9.17) is 4.74 Å². The van der Waals surface area contributed by atoms with Crippen LogP contribution in [0.2, 0.25) is 0 Å². The van der Waals surface area contributed by atoms with Gasteiger partial charge in [0.15, 0.2) is 5.70 Å². The summed E-state index contributed by atoms with van der Waals surface area (Å²) in [7, 11) is -3.61. The molecule has 0 atom stereocenters. The number of carbonyl (C=O) groups excluding carboxylic acids is 1. The lowest BCUT2D eigenvalue weighted by Gasteiger charge is -2.18. The summed E-state index contributed by atoms with van der Waals surface area (Å²) in [4.78, 5) is 16.2. The molecule has 0 aliphatic carbocycles. The van der Waals surface area contributed by atoms with Gasteiger partial charge >= 0.3 is 5.97 Å². The van der Waals surface area contributed by atoms with E-state index in [0.29, 0.717) is 24.7 Å². The Morgan fingerprint density at radius 2 is 1.72 bits per heavy atom. The third-order valence-corrected chi connectivity index (χ3v) is 6.38. The first kappa shape index (κ1) is 20.8. The number of aliphatic imine (C=N–C) groups is 1. The minimum absolute atomic E-state index is 0.0102. The van der Waals surface area contributed by atoms with Gasteiger partial charge in [0, 0.05) is 30.3 Å². The monoisotopic (exact) mass is 420 g/mol. The molecule has 2 aromatic rings. The predicted octanol–water partition coefficient (Wildman–Crippen LogP) is 3.34. The van der Waals surface area contributed by atoms with Crippen molar-refractivity contribution in [2.24, 2.45) is 4.99 Å². The fourth-order valence-electron chi connectivity index (χ4n) is 2.78. The predicted molar refractivity (Wildman–Crippen MR) is 104 cm³/mol. The van der Waals surface area contributed by atoms with E-state index in [1.54, 1.807) is 13.8 Å². The van der Waals surface area contributed by atoms with E-state index in [0.717, 1.165) is 12.1 Å². The van der Waals surface area contributed by atoms with Crippen LogP contribution in [-0.2, 0) is 19.6 Å². The molecule has 1 heterocycles. The number of rotatable bonds is 6. The first-order valence-electron chi connectivity index (χ1n) is 8.84. The van der Waals surface area contributed by atoms with Gasteiger partial charge in [-0.3, -0.25) is 0 Å². The summed E-state index contributed by atoms with van der Waals surface area (Å²) in [5, 5.41) is 0. The number of sulfonamides is 1. The molecular weight excluding hydrogens is 402 g/mol. The lowest BCUT2D eigenvalue weighted by atomic mass is 10.2. The minimum Gasteiger partial charge on any atom is -0.402 e. The van der Waals surface area contributed by atoms with Gasteiger partial charge in [-0.15, -0.1) is 0 Å². The highest BCUT2D eigenvalue weighted by Gasteiger charge is 2.26. The lowest BCUT2D eigenvalue weighted by Crippen LogP contribution is -2.30. The van der Waals surface area contributed by atoms with Crippen molar-refractivity contribution in [3.63, 3.8) is 0 Å². The van der Waals surface area contributed by atoms with Crippen LogP contribution in [0.1, 0.15) is 25.0 Å². The Morgan fingerprint density at radius 1 is 1.07 bits per heavy atom. The van der Waals surface area contributed by atoms with Crippen molar-refractivity contribution in [3.8, 4) is 0 Å². The van der Waals surface area contributed by atoms with Crippen molar-refractivity contribution in [1.82, 2.24) is 4.31 Å². The number of carbonyl (C=O) groups is 1. The van der Waals surface area contributed by atoms with Crippen molar-refractivity contribution in [2.75, 3.05) is 13.1 Å². The van der Waals surface area contributed by atoms with Crippen LogP contribution in [-0.4, -0.2) is 37.7 Å². The van der Waals surface area contributed by atoms with E-state index in [-0.39, 0.29) is 22.1 Å². The molecule has 0 unspecified atom stereocenters. The Balaban J connectivity index is 1.89. The van der Waals surface area contributed by atoms with Crippen molar-refractivity contribution in [2.45, 2.75) is 18.7 Å². The molecule has 0 aromatic heterocycles. The second kappa shape index (κ2) is 8.22. The average molecular weight is 420 g/mol. The molecular formula is C20H18F2N2O4S. The Morgan fingerprint density at radius 3 is 2.31 bits per heavy atom. The van der Waals surface area contributed by atoms with Gasteiger partial charge in [-0.25, -0.2) is 27.0 Å². The normalized spacial score (nSPS) is 15.7. The summed E-state index contributed by atoms with van der Waals surface area (Å²) >= 11 is 0. The van der Waals surface area contributed by atoms with E-state index in [1.165, 1.54) is 34.6 Å². The van der Waals surface area contributed by atoms with Crippen LogP contribution in [0.25, 0.3) is 6.08 Å². The molecule has 9 heteroatoms. The maximum absolute atomic E-state index is 13.8. The van der Waals surface area contributed by atoms with E-state index in [2.05, 4.69) is 4.99 Å². The van der Waals surface area contributed by atoms with Crippen LogP contribution in [0, 0.1) is 11.6 Å². The second-order valence-electron chi connectivity index (χ2n) is 6.12. The summed E-state index contributed by atoms with van der Waals surface area (Å²) in [6.07, 6.45) is 1.16. The topological polar surface area (TPSA) is 76.0 Å². The summed E-state index contributed by atoms with van der Waals surface area (Å²) in [5.41, 5.74) is 0.231. The molecule has 2 aromatic carbocycles. The van der Waals surface area contributed by atoms with Crippen molar-refractivity contribution < 1.29 is 26.7 Å². The number of cyclic esters (lactones) is 1. The minimum atomic E-state index is -3.61. The zero-order chi connectivity index (χ0) is 21.2. The molecule has 3 rings (SSSR count).